The van der Waals surface area contributed by atoms with Crippen LogP contribution in [-0.2, 0) is 33.5 Å². The number of pyridine rings is 1. The number of rotatable bonds is 11. The summed E-state index contributed by atoms with van der Waals surface area (Å²) in [6.07, 6.45) is -8.64. The van der Waals surface area contributed by atoms with Crippen LogP contribution in [0.2, 0.25) is 0 Å². The van der Waals surface area contributed by atoms with Crippen LogP contribution in [0.5, 0.6) is 17.2 Å². The van der Waals surface area contributed by atoms with Gasteiger partial charge >= 0.3 is 12.4 Å². The summed E-state index contributed by atoms with van der Waals surface area (Å²) >= 11 is 0. The number of ether oxygens (including phenoxy) is 3. The number of carbonyl (C=O) groups excluding carboxylic acids is 2. The van der Waals surface area contributed by atoms with Gasteiger partial charge in [0.1, 0.15) is 17.0 Å². The predicted octanol–water partition coefficient (Wildman–Crippen LogP) is 6.13. The van der Waals surface area contributed by atoms with Gasteiger partial charge in [-0.2, -0.15) is 26.3 Å². The van der Waals surface area contributed by atoms with Crippen LogP contribution in [0.1, 0.15) is 32.6 Å². The number of amides is 2. The molecule has 0 saturated carbocycles. The fourth-order valence-corrected chi connectivity index (χ4v) is 6.71. The molecule has 0 radical (unpaired) electrons. The molecule has 2 heterocycles. The summed E-state index contributed by atoms with van der Waals surface area (Å²) in [4.78, 5) is 31.9. The van der Waals surface area contributed by atoms with Gasteiger partial charge in [-0.05, 0) is 42.3 Å². The Balaban J connectivity index is 1.45. The highest BCUT2D eigenvalue weighted by Gasteiger charge is 2.40. The highest BCUT2D eigenvalue weighted by molar-refractivity contribution is 7.88. The third-order valence-electron chi connectivity index (χ3n) is 7.81. The smallest absolute Gasteiger partial charge is 0.422 e. The number of aryl methyl sites for hydroxylation is 1. The normalized spacial score (nSPS) is 13.4. The highest BCUT2D eigenvalue weighted by Crippen LogP contribution is 2.46. The van der Waals surface area contributed by atoms with E-state index in [0.717, 1.165) is 11.9 Å². The van der Waals surface area contributed by atoms with E-state index in [0.29, 0.717) is 21.2 Å². The molecule has 0 fully saturated rings. The van der Waals surface area contributed by atoms with Crippen molar-refractivity contribution >= 4 is 38.4 Å². The second kappa shape index (κ2) is 13.7. The number of halogens is 6. The Bertz CT molecular complexity index is 2070. The zero-order valence-corrected chi connectivity index (χ0v) is 27.5. The summed E-state index contributed by atoms with van der Waals surface area (Å²) in [6, 6.07) is 13.4. The Hall–Kier alpha value is -5.06. The van der Waals surface area contributed by atoms with E-state index in [2.05, 4.69) is 4.98 Å². The van der Waals surface area contributed by atoms with E-state index in [4.69, 9.17) is 14.2 Å². The van der Waals surface area contributed by atoms with Crippen LogP contribution in [0, 0.1) is 6.92 Å². The average molecular weight is 726 g/mol. The van der Waals surface area contributed by atoms with Gasteiger partial charge in [-0.15, -0.1) is 0 Å². The Kier molecular flexibility index (Phi) is 9.92. The number of para-hydroxylation sites is 1. The van der Waals surface area contributed by atoms with E-state index in [1.807, 2.05) is 0 Å². The first-order chi connectivity index (χ1) is 23.4. The highest BCUT2D eigenvalue weighted by atomic mass is 32.2. The van der Waals surface area contributed by atoms with Crippen molar-refractivity contribution in [3.05, 3.63) is 88.6 Å². The van der Waals surface area contributed by atoms with Crippen LogP contribution in [0.4, 0.5) is 32.0 Å². The molecule has 0 saturated heterocycles. The monoisotopic (exact) mass is 725 g/mol. The molecule has 5 rings (SSSR count). The lowest BCUT2D eigenvalue weighted by Crippen LogP contribution is -2.35. The number of methoxy groups -OCH3 is 1. The molecule has 0 N–H and O–H groups in total. The average Bonchev–Trinajstić information content (AvgIpc) is 3.37. The Morgan fingerprint density at radius 1 is 0.960 bits per heavy atom. The van der Waals surface area contributed by atoms with Gasteiger partial charge < -0.3 is 19.1 Å². The lowest BCUT2D eigenvalue weighted by Gasteiger charge is -2.21. The lowest BCUT2D eigenvalue weighted by molar-refractivity contribution is -0.154. The van der Waals surface area contributed by atoms with Crippen LogP contribution >= 0.6 is 0 Å². The number of likely N-dealkylation sites (N-methyl/N-ethyl adjacent to an activating group) is 1. The van der Waals surface area contributed by atoms with Crippen molar-refractivity contribution in [1.82, 2.24) is 9.29 Å². The number of nitrogens with zero attached hydrogens (tertiary/aromatic N) is 3. The first-order valence-corrected chi connectivity index (χ1v) is 16.4. The number of anilines is 1. The number of aromatic nitrogens is 1. The molecule has 50 heavy (non-hydrogen) atoms. The summed E-state index contributed by atoms with van der Waals surface area (Å²) in [5.74, 6) is -2.74. The molecule has 0 spiro atoms. The first-order valence-electron chi connectivity index (χ1n) is 14.8. The van der Waals surface area contributed by atoms with E-state index in [9.17, 15) is 44.3 Å². The fourth-order valence-electron chi connectivity index (χ4n) is 5.54. The molecule has 1 aromatic heterocycles. The summed E-state index contributed by atoms with van der Waals surface area (Å²) in [7, 11) is -1.64. The summed E-state index contributed by atoms with van der Waals surface area (Å²) in [5.41, 5.74) is 0.446. The van der Waals surface area contributed by atoms with Gasteiger partial charge in [-0.3, -0.25) is 14.6 Å². The maximum absolute atomic E-state index is 13.9. The summed E-state index contributed by atoms with van der Waals surface area (Å²) < 4.78 is 122. The van der Waals surface area contributed by atoms with E-state index in [-0.39, 0.29) is 34.1 Å². The zero-order valence-electron chi connectivity index (χ0n) is 26.7. The number of hydrogen-bond donors (Lipinski definition) is 0. The molecule has 1 aliphatic heterocycles. The van der Waals surface area contributed by atoms with Crippen LogP contribution in [-0.4, -0.2) is 69.2 Å². The molecule has 266 valence electrons. The van der Waals surface area contributed by atoms with E-state index < -0.39 is 76.8 Å². The maximum Gasteiger partial charge on any atom is 0.422 e. The number of benzene rings is 3. The molecular weight excluding hydrogens is 696 g/mol. The molecule has 4 aromatic rings. The van der Waals surface area contributed by atoms with E-state index in [1.165, 1.54) is 43.6 Å². The Morgan fingerprint density at radius 3 is 2.26 bits per heavy atom. The summed E-state index contributed by atoms with van der Waals surface area (Å²) in [5, 5.41) is -0.162. The van der Waals surface area contributed by atoms with Crippen LogP contribution in [0.15, 0.2) is 60.8 Å². The maximum atomic E-state index is 13.9. The minimum Gasteiger partial charge on any atom is -0.496 e. The number of sulfonamides is 1. The van der Waals surface area contributed by atoms with Crippen LogP contribution in [0.25, 0.3) is 10.9 Å². The van der Waals surface area contributed by atoms with Crippen molar-refractivity contribution in [2.45, 2.75) is 38.0 Å². The number of hydrogen-bond acceptors (Lipinski definition) is 8. The standard InChI is InChI=1S/C33H29F6N3O7S/c1-19-13-20(16-50(45,46)41(2)26(43)14-21-7-4-5-9-25(21)47-3)10-11-24(19)42-15-23-27(31(42)44)29(48-17-32(34,35)36)22-8-6-12-40-28(22)30(23)49-18-33(37,38)39/h4-13H,14-18H2,1-3H3. The molecule has 1 aliphatic rings. The molecule has 10 nitrogen and oxygen atoms in total. The van der Waals surface area contributed by atoms with Gasteiger partial charge in [0.15, 0.2) is 19.0 Å². The number of alkyl halides is 6. The van der Waals surface area contributed by atoms with Gasteiger partial charge in [0.25, 0.3) is 5.91 Å². The van der Waals surface area contributed by atoms with Gasteiger partial charge in [0, 0.05) is 35.4 Å². The zero-order chi connectivity index (χ0) is 36.6. The molecule has 0 aliphatic carbocycles. The number of carbonyl (C=O) groups is 2. The molecule has 0 unspecified atom stereocenters. The van der Waals surface area contributed by atoms with Crippen LogP contribution < -0.4 is 19.1 Å². The third kappa shape index (κ3) is 7.72. The molecular formula is C33H29F6N3O7S. The quantitative estimate of drug-likeness (QED) is 0.170. The van der Waals surface area contributed by atoms with Gasteiger partial charge in [0.2, 0.25) is 15.9 Å². The van der Waals surface area contributed by atoms with Crippen molar-refractivity contribution < 1.29 is 58.6 Å². The van der Waals surface area contributed by atoms with Crippen molar-refractivity contribution in [3.63, 3.8) is 0 Å². The van der Waals surface area contributed by atoms with Crippen molar-refractivity contribution in [2.75, 3.05) is 32.3 Å². The van der Waals surface area contributed by atoms with Gasteiger partial charge in [-0.1, -0.05) is 30.3 Å². The van der Waals surface area contributed by atoms with Crippen molar-refractivity contribution in [3.8, 4) is 17.2 Å². The van der Waals surface area contributed by atoms with Crippen molar-refractivity contribution in [2.24, 2.45) is 0 Å². The molecule has 0 bridgehead atoms. The minimum atomic E-state index is -4.81. The Labute approximate surface area is 282 Å². The van der Waals surface area contributed by atoms with E-state index >= 15 is 0 Å². The van der Waals surface area contributed by atoms with Gasteiger partial charge in [0.05, 0.1) is 31.4 Å². The molecule has 0 atom stereocenters. The molecule has 17 heteroatoms. The predicted molar refractivity (Wildman–Crippen MR) is 169 cm³/mol. The van der Waals surface area contributed by atoms with Crippen molar-refractivity contribution in [1.29, 1.82) is 0 Å². The van der Waals surface area contributed by atoms with E-state index in [1.54, 1.807) is 31.2 Å². The first kappa shape index (κ1) is 36.2. The second-order valence-electron chi connectivity index (χ2n) is 11.3. The minimum absolute atomic E-state index is 0.162. The molecule has 2 amide bonds. The lowest BCUT2D eigenvalue weighted by atomic mass is 10.0. The third-order valence-corrected chi connectivity index (χ3v) is 9.55. The Morgan fingerprint density at radius 2 is 1.62 bits per heavy atom. The van der Waals surface area contributed by atoms with Crippen LogP contribution in [0.3, 0.4) is 0 Å². The summed E-state index contributed by atoms with van der Waals surface area (Å²) in [6.45, 7) is -2.44. The SMILES string of the molecule is COc1ccccc1CC(=O)N(C)S(=O)(=O)Cc1ccc(N2Cc3c(c(OCC(F)(F)F)c4cccnc4c3OCC(F)(F)F)C2=O)c(C)c1. The molecule has 3 aromatic carbocycles. The largest absolute Gasteiger partial charge is 0.496 e. The number of fused-ring (bicyclic) bond motifs is 2. The van der Waals surface area contributed by atoms with Gasteiger partial charge in [-0.25, -0.2) is 12.7 Å². The second-order valence-corrected chi connectivity index (χ2v) is 13.3. The topological polar surface area (TPSA) is 115 Å². The fraction of sp³-hybridized carbons (Fsp3) is 0.303.